The molecule has 8 heteroatoms. The fraction of sp³-hybridized carbons (Fsp3) is 0.300. The van der Waals surface area contributed by atoms with E-state index >= 15 is 0 Å². The van der Waals surface area contributed by atoms with Crippen LogP contribution in [0.2, 0.25) is 0 Å². The van der Waals surface area contributed by atoms with E-state index in [9.17, 15) is 9.59 Å². The molecule has 3 aromatic rings. The molecule has 2 amide bonds. The van der Waals surface area contributed by atoms with Crippen LogP contribution >= 0.6 is 0 Å². The molecule has 144 valence electrons. The van der Waals surface area contributed by atoms with E-state index in [4.69, 9.17) is 0 Å². The standard InChI is InChI=1S/C20H22N6O2/c1-12(2)25-11-13-8-16(17(24(3)4)9-14(13)20(25)28)23-19(27)15-10-22-26-7-5-6-21-18(15)26/h5-10,12H,11H2,1-4H3,(H,23,27). The molecule has 0 spiro atoms. The molecule has 8 nitrogen and oxygen atoms in total. The SMILES string of the molecule is CC(C)N1Cc2cc(NC(=O)c3cnn4cccnc34)c(N(C)C)cc2C1=O. The molecule has 0 unspecified atom stereocenters. The Morgan fingerprint density at radius 3 is 2.79 bits per heavy atom. The monoisotopic (exact) mass is 378 g/mol. The number of nitrogens with one attached hydrogen (secondary N) is 1. The maximum atomic E-state index is 12.9. The molecule has 1 aliphatic heterocycles. The minimum Gasteiger partial charge on any atom is -0.376 e. The van der Waals surface area contributed by atoms with Crippen molar-refractivity contribution in [3.8, 4) is 0 Å². The van der Waals surface area contributed by atoms with Crippen molar-refractivity contribution in [1.82, 2.24) is 19.5 Å². The van der Waals surface area contributed by atoms with Gasteiger partial charge in [0.25, 0.3) is 11.8 Å². The van der Waals surface area contributed by atoms with Gasteiger partial charge in [-0.25, -0.2) is 9.50 Å². The van der Waals surface area contributed by atoms with Crippen LogP contribution in [0.1, 0.15) is 40.1 Å². The predicted octanol–water partition coefficient (Wildman–Crippen LogP) is 2.41. The summed E-state index contributed by atoms with van der Waals surface area (Å²) in [4.78, 5) is 33.5. The zero-order valence-electron chi connectivity index (χ0n) is 16.3. The van der Waals surface area contributed by atoms with E-state index in [2.05, 4.69) is 15.4 Å². The molecule has 0 fully saturated rings. The number of fused-ring (bicyclic) bond motifs is 2. The van der Waals surface area contributed by atoms with E-state index in [0.29, 0.717) is 29.0 Å². The number of anilines is 2. The van der Waals surface area contributed by atoms with Crippen molar-refractivity contribution in [3.63, 3.8) is 0 Å². The molecule has 0 saturated heterocycles. The van der Waals surface area contributed by atoms with E-state index in [1.54, 1.807) is 23.0 Å². The van der Waals surface area contributed by atoms with Crippen LogP contribution in [0.4, 0.5) is 11.4 Å². The van der Waals surface area contributed by atoms with Gasteiger partial charge in [-0.1, -0.05) is 0 Å². The van der Waals surface area contributed by atoms with Crippen LogP contribution < -0.4 is 10.2 Å². The summed E-state index contributed by atoms with van der Waals surface area (Å²) in [6, 6.07) is 5.61. The lowest BCUT2D eigenvalue weighted by atomic mass is 10.1. The summed E-state index contributed by atoms with van der Waals surface area (Å²) < 4.78 is 1.56. The second kappa shape index (κ2) is 6.63. The molecule has 0 atom stereocenters. The van der Waals surface area contributed by atoms with Crippen molar-refractivity contribution < 1.29 is 9.59 Å². The van der Waals surface area contributed by atoms with E-state index < -0.39 is 0 Å². The Labute approximate surface area is 162 Å². The quantitative estimate of drug-likeness (QED) is 0.754. The zero-order chi connectivity index (χ0) is 20.0. The maximum Gasteiger partial charge on any atom is 0.261 e. The molecular formula is C20H22N6O2. The Balaban J connectivity index is 1.71. The molecule has 1 N–H and O–H groups in total. The number of nitrogens with zero attached hydrogens (tertiary/aromatic N) is 5. The molecule has 0 bridgehead atoms. The maximum absolute atomic E-state index is 12.9. The van der Waals surface area contributed by atoms with Crippen molar-refractivity contribution in [2.75, 3.05) is 24.3 Å². The Kier molecular flexibility index (Phi) is 4.26. The Hall–Kier alpha value is -3.42. The minimum atomic E-state index is -0.290. The predicted molar refractivity (Wildman–Crippen MR) is 107 cm³/mol. The first-order valence-electron chi connectivity index (χ1n) is 9.11. The molecule has 0 saturated carbocycles. The van der Waals surface area contributed by atoms with Crippen molar-refractivity contribution in [2.45, 2.75) is 26.4 Å². The topological polar surface area (TPSA) is 82.8 Å². The van der Waals surface area contributed by atoms with Gasteiger partial charge in [-0.3, -0.25) is 9.59 Å². The fourth-order valence-electron chi connectivity index (χ4n) is 3.44. The van der Waals surface area contributed by atoms with Crippen LogP contribution in [0, 0.1) is 0 Å². The van der Waals surface area contributed by atoms with Gasteiger partial charge in [0.05, 0.1) is 17.6 Å². The largest absolute Gasteiger partial charge is 0.376 e. The van der Waals surface area contributed by atoms with Crippen molar-refractivity contribution in [1.29, 1.82) is 0 Å². The first-order chi connectivity index (χ1) is 13.4. The van der Waals surface area contributed by atoms with Crippen LogP contribution in [0.15, 0.2) is 36.8 Å². The number of hydrogen-bond acceptors (Lipinski definition) is 5. The van der Waals surface area contributed by atoms with Crippen LogP contribution in [-0.2, 0) is 6.54 Å². The fourth-order valence-corrected chi connectivity index (χ4v) is 3.44. The molecule has 3 heterocycles. The first kappa shape index (κ1) is 18.0. The lowest BCUT2D eigenvalue weighted by Gasteiger charge is -2.19. The molecule has 0 radical (unpaired) electrons. The number of benzene rings is 1. The van der Waals surface area contributed by atoms with Gasteiger partial charge < -0.3 is 15.1 Å². The highest BCUT2D eigenvalue weighted by atomic mass is 16.2. The van der Waals surface area contributed by atoms with E-state index in [1.807, 2.05) is 49.9 Å². The number of hydrogen-bond donors (Lipinski definition) is 1. The van der Waals surface area contributed by atoms with Gasteiger partial charge in [0.2, 0.25) is 0 Å². The number of aromatic nitrogens is 3. The van der Waals surface area contributed by atoms with E-state index in [1.165, 1.54) is 6.20 Å². The van der Waals surface area contributed by atoms with Gasteiger partial charge in [0, 0.05) is 44.6 Å². The Bertz CT molecular complexity index is 1090. The third-order valence-electron chi connectivity index (χ3n) is 4.93. The minimum absolute atomic E-state index is 0.0257. The average Bonchev–Trinajstić information content (AvgIpc) is 3.22. The van der Waals surface area contributed by atoms with Crippen LogP contribution in [0.25, 0.3) is 5.65 Å². The molecular weight excluding hydrogens is 356 g/mol. The van der Waals surface area contributed by atoms with Gasteiger partial charge in [-0.15, -0.1) is 0 Å². The van der Waals surface area contributed by atoms with Crippen LogP contribution in [-0.4, -0.2) is 51.4 Å². The molecule has 0 aliphatic carbocycles. The number of rotatable bonds is 4. The van der Waals surface area contributed by atoms with Gasteiger partial charge in [-0.2, -0.15) is 5.10 Å². The van der Waals surface area contributed by atoms with Gasteiger partial charge in [-0.05, 0) is 37.6 Å². The smallest absolute Gasteiger partial charge is 0.261 e. The second-order valence-corrected chi connectivity index (χ2v) is 7.35. The summed E-state index contributed by atoms with van der Waals surface area (Å²) in [6.45, 7) is 4.54. The molecule has 1 aromatic carbocycles. The lowest BCUT2D eigenvalue weighted by Crippen LogP contribution is -2.30. The van der Waals surface area contributed by atoms with Crippen molar-refractivity contribution in [3.05, 3.63) is 53.5 Å². The van der Waals surface area contributed by atoms with E-state index in [0.717, 1.165) is 11.3 Å². The first-order valence-corrected chi connectivity index (χ1v) is 9.11. The third kappa shape index (κ3) is 2.87. The Morgan fingerprint density at radius 1 is 1.29 bits per heavy atom. The summed E-state index contributed by atoms with van der Waals surface area (Å²) in [6.07, 6.45) is 4.87. The van der Waals surface area contributed by atoms with Gasteiger partial charge in [0.15, 0.2) is 5.65 Å². The van der Waals surface area contributed by atoms with Crippen molar-refractivity contribution >= 4 is 28.8 Å². The second-order valence-electron chi connectivity index (χ2n) is 7.35. The summed E-state index contributed by atoms with van der Waals surface area (Å²) in [5.74, 6) is -0.264. The van der Waals surface area contributed by atoms with E-state index in [-0.39, 0.29) is 17.9 Å². The normalized spacial score (nSPS) is 13.3. The third-order valence-corrected chi connectivity index (χ3v) is 4.93. The molecule has 1 aliphatic rings. The highest BCUT2D eigenvalue weighted by Gasteiger charge is 2.31. The molecule has 4 rings (SSSR count). The van der Waals surface area contributed by atoms with Gasteiger partial charge >= 0.3 is 0 Å². The van der Waals surface area contributed by atoms with Crippen molar-refractivity contribution in [2.24, 2.45) is 0 Å². The number of carbonyl (C=O) groups is 2. The van der Waals surface area contributed by atoms with Crippen LogP contribution in [0.3, 0.4) is 0 Å². The molecule has 28 heavy (non-hydrogen) atoms. The molecule has 2 aromatic heterocycles. The highest BCUT2D eigenvalue weighted by Crippen LogP contribution is 2.34. The Morgan fingerprint density at radius 2 is 2.07 bits per heavy atom. The van der Waals surface area contributed by atoms with Crippen LogP contribution in [0.5, 0.6) is 0 Å². The summed E-state index contributed by atoms with van der Waals surface area (Å²) in [7, 11) is 3.77. The summed E-state index contributed by atoms with van der Waals surface area (Å²) >= 11 is 0. The number of carbonyl (C=O) groups excluding carboxylic acids is 2. The highest BCUT2D eigenvalue weighted by molar-refractivity contribution is 6.10. The summed E-state index contributed by atoms with van der Waals surface area (Å²) in [5, 5.41) is 7.14. The summed E-state index contributed by atoms with van der Waals surface area (Å²) in [5.41, 5.74) is 3.92. The van der Waals surface area contributed by atoms with Gasteiger partial charge in [0.1, 0.15) is 5.56 Å². The lowest BCUT2D eigenvalue weighted by molar-refractivity contribution is 0.0730. The number of amides is 2. The zero-order valence-corrected chi connectivity index (χ0v) is 16.3. The average molecular weight is 378 g/mol.